The zero-order valence-corrected chi connectivity index (χ0v) is 19.1. The second-order valence-corrected chi connectivity index (χ2v) is 8.97. The monoisotopic (exact) mass is 517 g/mol. The molecule has 0 aliphatic carbocycles. The Morgan fingerprint density at radius 1 is 1.21 bits per heavy atom. The van der Waals surface area contributed by atoms with E-state index in [4.69, 9.17) is 21.1 Å². The van der Waals surface area contributed by atoms with Crippen molar-refractivity contribution < 1.29 is 36.9 Å². The molecular formula is C21H16ClF4N3O4S. The van der Waals surface area contributed by atoms with Crippen LogP contribution in [0.5, 0.6) is 11.5 Å². The molecule has 1 aliphatic rings. The van der Waals surface area contributed by atoms with Gasteiger partial charge in [-0.05, 0) is 23.8 Å². The van der Waals surface area contributed by atoms with Crippen molar-refractivity contribution in [3.05, 3.63) is 63.9 Å². The maximum atomic E-state index is 15.3. The van der Waals surface area contributed by atoms with Gasteiger partial charge < -0.3 is 14.6 Å². The fourth-order valence-electron chi connectivity index (χ4n) is 3.89. The Labute approximate surface area is 199 Å². The second kappa shape index (κ2) is 8.99. The standard InChI is InChI=1S/C21H16ClF4N3O4S/c1-32-13-5-3-4-10(17(13)33-2)18-11-6-9(22)7-12(23)16(11)29-19(14(34-18)8-15(30)31)27-28-20(29)21(24,25)26/h3-7,14,18H,8H2,1-2H3,(H,30,31)/t14-,18-/m1/s1. The molecule has 0 unspecified atom stereocenters. The number of benzene rings is 2. The number of aliphatic carboxylic acids is 1. The van der Waals surface area contributed by atoms with Crippen molar-refractivity contribution in [1.82, 2.24) is 14.8 Å². The fraction of sp³-hybridized carbons (Fsp3) is 0.286. The first-order chi connectivity index (χ1) is 16.1. The number of aromatic nitrogens is 3. The molecule has 0 bridgehead atoms. The average molecular weight is 518 g/mol. The van der Waals surface area contributed by atoms with Crippen molar-refractivity contribution in [3.63, 3.8) is 0 Å². The summed E-state index contributed by atoms with van der Waals surface area (Å²) in [7, 11) is 2.80. The van der Waals surface area contributed by atoms with Crippen molar-refractivity contribution in [2.45, 2.75) is 23.1 Å². The average Bonchev–Trinajstić information content (AvgIpc) is 3.15. The lowest BCUT2D eigenvalue weighted by atomic mass is 10.0. The molecule has 1 aliphatic heterocycles. The number of para-hydroxylation sites is 1. The van der Waals surface area contributed by atoms with Crippen LogP contribution in [0.15, 0.2) is 30.3 Å². The molecule has 2 heterocycles. The van der Waals surface area contributed by atoms with Gasteiger partial charge >= 0.3 is 12.1 Å². The summed E-state index contributed by atoms with van der Waals surface area (Å²) < 4.78 is 68.2. The first-order valence-corrected chi connectivity index (χ1v) is 11.0. The topological polar surface area (TPSA) is 86.5 Å². The lowest BCUT2D eigenvalue weighted by Crippen LogP contribution is -2.18. The molecule has 1 N–H and O–H groups in total. The van der Waals surface area contributed by atoms with E-state index in [-0.39, 0.29) is 22.2 Å². The Kier molecular flexibility index (Phi) is 6.38. The molecule has 4 rings (SSSR count). The van der Waals surface area contributed by atoms with Gasteiger partial charge in [0.1, 0.15) is 5.82 Å². The first-order valence-electron chi connectivity index (χ1n) is 9.66. The van der Waals surface area contributed by atoms with E-state index in [2.05, 4.69) is 10.2 Å². The number of hydrogen-bond acceptors (Lipinski definition) is 6. The Morgan fingerprint density at radius 3 is 2.56 bits per heavy atom. The number of fused-ring (bicyclic) bond motifs is 3. The number of carbonyl (C=O) groups is 1. The molecule has 34 heavy (non-hydrogen) atoms. The van der Waals surface area contributed by atoms with Crippen molar-refractivity contribution in [3.8, 4) is 17.2 Å². The van der Waals surface area contributed by atoms with E-state index >= 15 is 4.39 Å². The summed E-state index contributed by atoms with van der Waals surface area (Å²) >= 11 is 7.09. The molecule has 0 amide bonds. The van der Waals surface area contributed by atoms with Crippen LogP contribution in [0, 0.1) is 5.82 Å². The van der Waals surface area contributed by atoms with Crippen LogP contribution in [-0.4, -0.2) is 40.1 Å². The molecule has 7 nitrogen and oxygen atoms in total. The number of ether oxygens (including phenoxy) is 2. The minimum absolute atomic E-state index is 0.0522. The van der Waals surface area contributed by atoms with Crippen LogP contribution in [0.3, 0.4) is 0 Å². The zero-order chi connectivity index (χ0) is 24.8. The molecular weight excluding hydrogens is 502 g/mol. The highest BCUT2D eigenvalue weighted by molar-refractivity contribution is 8.00. The van der Waals surface area contributed by atoms with Crippen LogP contribution in [0.1, 0.15) is 39.7 Å². The van der Waals surface area contributed by atoms with Gasteiger partial charge in [0.05, 0.1) is 36.8 Å². The van der Waals surface area contributed by atoms with E-state index in [1.165, 1.54) is 20.3 Å². The normalized spacial score (nSPS) is 17.5. The van der Waals surface area contributed by atoms with Crippen molar-refractivity contribution in [1.29, 1.82) is 0 Å². The minimum atomic E-state index is -4.99. The summed E-state index contributed by atoms with van der Waals surface area (Å²) in [5.41, 5.74) is 0.0328. The maximum Gasteiger partial charge on any atom is 0.452 e. The smallest absolute Gasteiger partial charge is 0.452 e. The van der Waals surface area contributed by atoms with E-state index in [1.54, 1.807) is 18.2 Å². The number of carboxylic acids is 1. The van der Waals surface area contributed by atoms with Crippen molar-refractivity contribution in [2.24, 2.45) is 0 Å². The van der Waals surface area contributed by atoms with Gasteiger partial charge in [-0.2, -0.15) is 13.2 Å². The molecule has 2 aromatic carbocycles. The Balaban J connectivity index is 2.09. The fourth-order valence-corrected chi connectivity index (χ4v) is 5.60. The second-order valence-electron chi connectivity index (χ2n) is 7.23. The van der Waals surface area contributed by atoms with Crippen LogP contribution in [0.2, 0.25) is 5.02 Å². The predicted molar refractivity (Wildman–Crippen MR) is 115 cm³/mol. The molecule has 13 heteroatoms. The zero-order valence-electron chi connectivity index (χ0n) is 17.6. The summed E-state index contributed by atoms with van der Waals surface area (Å²) in [5.74, 6) is -3.54. The Bertz CT molecular complexity index is 1270. The van der Waals surface area contributed by atoms with Gasteiger partial charge in [0.25, 0.3) is 0 Å². The molecule has 0 spiro atoms. The number of methoxy groups -OCH3 is 2. The number of carboxylic acid groups (broad SMARTS) is 1. The van der Waals surface area contributed by atoms with Gasteiger partial charge in [0.15, 0.2) is 17.3 Å². The van der Waals surface area contributed by atoms with Gasteiger partial charge in [0, 0.05) is 10.6 Å². The molecule has 1 aromatic heterocycles. The van der Waals surface area contributed by atoms with Crippen LogP contribution >= 0.6 is 23.4 Å². The van der Waals surface area contributed by atoms with E-state index < -0.39 is 46.4 Å². The Hall–Kier alpha value is -2.99. The molecule has 0 saturated heterocycles. The molecule has 3 aromatic rings. The Morgan fingerprint density at radius 2 is 1.94 bits per heavy atom. The molecule has 0 fully saturated rings. The van der Waals surface area contributed by atoms with Gasteiger partial charge in [-0.15, -0.1) is 22.0 Å². The van der Waals surface area contributed by atoms with Gasteiger partial charge in [-0.3, -0.25) is 9.36 Å². The van der Waals surface area contributed by atoms with Gasteiger partial charge in [-0.25, -0.2) is 4.39 Å². The summed E-state index contributed by atoms with van der Waals surface area (Å²) in [4.78, 5) is 11.6. The van der Waals surface area contributed by atoms with Crippen LogP contribution in [-0.2, 0) is 11.0 Å². The van der Waals surface area contributed by atoms with E-state index in [9.17, 15) is 23.1 Å². The summed E-state index contributed by atoms with van der Waals surface area (Å²) in [5, 5.41) is 14.3. The predicted octanol–water partition coefficient (Wildman–Crippen LogP) is 5.45. The van der Waals surface area contributed by atoms with Crippen LogP contribution in [0.25, 0.3) is 5.69 Å². The van der Waals surface area contributed by atoms with Crippen molar-refractivity contribution >= 4 is 29.3 Å². The molecule has 0 radical (unpaired) electrons. The molecule has 180 valence electrons. The minimum Gasteiger partial charge on any atom is -0.493 e. The summed E-state index contributed by atoms with van der Waals surface area (Å²) in [6, 6.07) is 7.11. The largest absolute Gasteiger partial charge is 0.493 e. The van der Waals surface area contributed by atoms with Gasteiger partial charge in [-0.1, -0.05) is 23.7 Å². The first kappa shape index (κ1) is 24.1. The summed E-state index contributed by atoms with van der Waals surface area (Å²) in [6.07, 6.45) is -5.58. The highest BCUT2D eigenvalue weighted by Crippen LogP contribution is 2.54. The number of alkyl halides is 3. The summed E-state index contributed by atoms with van der Waals surface area (Å²) in [6.45, 7) is 0. The number of halogens is 5. The van der Waals surface area contributed by atoms with Crippen LogP contribution in [0.4, 0.5) is 17.6 Å². The maximum absolute atomic E-state index is 15.3. The highest BCUT2D eigenvalue weighted by Gasteiger charge is 2.44. The number of thioether (sulfide) groups is 1. The van der Waals surface area contributed by atoms with E-state index in [0.717, 1.165) is 17.8 Å². The van der Waals surface area contributed by atoms with E-state index in [1.807, 2.05) is 0 Å². The highest BCUT2D eigenvalue weighted by atomic mass is 35.5. The number of nitrogens with zero attached hydrogens (tertiary/aromatic N) is 3. The number of rotatable bonds is 5. The van der Waals surface area contributed by atoms with Crippen LogP contribution < -0.4 is 9.47 Å². The van der Waals surface area contributed by atoms with Gasteiger partial charge in [0.2, 0.25) is 5.82 Å². The van der Waals surface area contributed by atoms with E-state index in [0.29, 0.717) is 15.9 Å². The third-order valence-corrected chi connectivity index (χ3v) is 6.87. The molecule has 0 saturated carbocycles. The quantitative estimate of drug-likeness (QED) is 0.450. The van der Waals surface area contributed by atoms with Crippen molar-refractivity contribution in [2.75, 3.05) is 14.2 Å². The third-order valence-electron chi connectivity index (χ3n) is 5.17. The molecule has 2 atom stereocenters. The lowest BCUT2D eigenvalue weighted by molar-refractivity contribution is -0.146. The third kappa shape index (κ3) is 4.16. The SMILES string of the molecule is COc1cccc([C@H]2S[C@H](CC(=O)O)c3nnc(C(F)(F)F)n3-c3c(F)cc(Cl)cc32)c1OC. The lowest BCUT2D eigenvalue weighted by Gasteiger charge is -2.23. The number of hydrogen-bond donors (Lipinski definition) is 1.